The number of rotatable bonds is 4. The van der Waals surface area contributed by atoms with E-state index in [9.17, 15) is 4.79 Å². The zero-order valence-corrected chi connectivity index (χ0v) is 10.2. The van der Waals surface area contributed by atoms with Crippen molar-refractivity contribution >= 4 is 11.5 Å². The Bertz CT molecular complexity index is 458. The first-order valence-corrected chi connectivity index (χ1v) is 6.17. The van der Waals surface area contributed by atoms with Crippen LogP contribution in [0, 0.1) is 0 Å². The fraction of sp³-hybridized carbons (Fsp3) is 0.400. The summed E-state index contributed by atoms with van der Waals surface area (Å²) in [5, 5.41) is 8.59. The molecule has 2 nitrogen and oxygen atoms in total. The molecule has 0 atom stereocenters. The molecule has 90 valence electrons. The third-order valence-corrected chi connectivity index (χ3v) is 3.36. The second-order valence-electron chi connectivity index (χ2n) is 4.66. The summed E-state index contributed by atoms with van der Waals surface area (Å²) < 4.78 is 0. The SMILES string of the molecule is C/C(=C\CCC(=O)O)c1ccc2c(c1)CCC2. The number of hydrogen-bond donors (Lipinski definition) is 1. The Balaban J connectivity index is 2.08. The number of carboxylic acid groups (broad SMARTS) is 1. The van der Waals surface area contributed by atoms with Crippen LogP contribution in [0.25, 0.3) is 5.57 Å². The largest absolute Gasteiger partial charge is 0.481 e. The molecule has 2 rings (SSSR count). The zero-order chi connectivity index (χ0) is 12.3. The number of carboxylic acids is 1. The number of allylic oxidation sites excluding steroid dienone is 2. The molecular weight excluding hydrogens is 212 g/mol. The molecule has 1 aromatic rings. The van der Waals surface area contributed by atoms with Crippen LogP contribution < -0.4 is 0 Å². The molecule has 1 N–H and O–H groups in total. The molecule has 1 aromatic carbocycles. The van der Waals surface area contributed by atoms with Crippen molar-refractivity contribution in [2.75, 3.05) is 0 Å². The molecule has 0 spiro atoms. The first kappa shape index (κ1) is 11.9. The van der Waals surface area contributed by atoms with E-state index in [2.05, 4.69) is 25.1 Å². The van der Waals surface area contributed by atoms with Crippen LogP contribution in [0.5, 0.6) is 0 Å². The lowest BCUT2D eigenvalue weighted by Crippen LogP contribution is -1.92. The Morgan fingerprint density at radius 2 is 2.12 bits per heavy atom. The number of fused-ring (bicyclic) bond motifs is 1. The fourth-order valence-corrected chi connectivity index (χ4v) is 2.35. The lowest BCUT2D eigenvalue weighted by atomic mass is 10.0. The molecule has 1 aliphatic carbocycles. The van der Waals surface area contributed by atoms with Crippen LogP contribution >= 0.6 is 0 Å². The van der Waals surface area contributed by atoms with Gasteiger partial charge in [-0.05, 0) is 54.9 Å². The van der Waals surface area contributed by atoms with Crippen molar-refractivity contribution in [1.82, 2.24) is 0 Å². The van der Waals surface area contributed by atoms with Crippen LogP contribution in [0.15, 0.2) is 24.3 Å². The third kappa shape index (κ3) is 2.96. The van der Waals surface area contributed by atoms with Crippen molar-refractivity contribution in [3.63, 3.8) is 0 Å². The maximum atomic E-state index is 10.4. The molecular formula is C15H18O2. The van der Waals surface area contributed by atoms with Gasteiger partial charge in [0, 0.05) is 6.42 Å². The quantitative estimate of drug-likeness (QED) is 0.860. The van der Waals surface area contributed by atoms with Gasteiger partial charge in [-0.1, -0.05) is 24.3 Å². The van der Waals surface area contributed by atoms with Crippen LogP contribution in [0.1, 0.15) is 42.9 Å². The highest BCUT2D eigenvalue weighted by molar-refractivity contribution is 5.69. The van der Waals surface area contributed by atoms with Gasteiger partial charge in [-0.25, -0.2) is 0 Å². The van der Waals surface area contributed by atoms with Crippen molar-refractivity contribution in [1.29, 1.82) is 0 Å². The summed E-state index contributed by atoms with van der Waals surface area (Å²) in [5.74, 6) is -0.733. The highest BCUT2D eigenvalue weighted by atomic mass is 16.4. The first-order valence-electron chi connectivity index (χ1n) is 6.17. The number of benzene rings is 1. The molecule has 0 radical (unpaired) electrons. The van der Waals surface area contributed by atoms with Crippen LogP contribution in [-0.2, 0) is 17.6 Å². The Morgan fingerprint density at radius 3 is 2.88 bits per heavy atom. The molecule has 0 amide bonds. The smallest absolute Gasteiger partial charge is 0.303 e. The van der Waals surface area contributed by atoms with E-state index in [-0.39, 0.29) is 6.42 Å². The molecule has 0 bridgehead atoms. The van der Waals surface area contributed by atoms with E-state index in [1.165, 1.54) is 41.5 Å². The Labute approximate surface area is 102 Å². The van der Waals surface area contributed by atoms with E-state index in [0.717, 1.165) is 0 Å². The van der Waals surface area contributed by atoms with Gasteiger partial charge in [-0.2, -0.15) is 0 Å². The average molecular weight is 230 g/mol. The maximum absolute atomic E-state index is 10.4. The molecule has 0 saturated carbocycles. The summed E-state index contributed by atoms with van der Waals surface area (Å²) in [6, 6.07) is 6.62. The predicted octanol–water partition coefficient (Wildman–Crippen LogP) is 3.44. The van der Waals surface area contributed by atoms with Crippen molar-refractivity contribution in [3.05, 3.63) is 41.0 Å². The van der Waals surface area contributed by atoms with Crippen molar-refractivity contribution in [2.24, 2.45) is 0 Å². The number of carbonyl (C=O) groups is 1. The van der Waals surface area contributed by atoms with E-state index in [1.54, 1.807) is 0 Å². The molecule has 0 heterocycles. The minimum absolute atomic E-state index is 0.211. The molecule has 0 aliphatic heterocycles. The lowest BCUT2D eigenvalue weighted by Gasteiger charge is -2.05. The van der Waals surface area contributed by atoms with E-state index < -0.39 is 5.97 Å². The van der Waals surface area contributed by atoms with E-state index >= 15 is 0 Å². The summed E-state index contributed by atoms with van der Waals surface area (Å²) in [7, 11) is 0. The van der Waals surface area contributed by atoms with Gasteiger partial charge in [0.05, 0.1) is 0 Å². The molecule has 0 unspecified atom stereocenters. The average Bonchev–Trinajstić information content (AvgIpc) is 2.75. The van der Waals surface area contributed by atoms with E-state index in [1.807, 2.05) is 6.08 Å². The van der Waals surface area contributed by atoms with Crippen LogP contribution in [0.3, 0.4) is 0 Å². The predicted molar refractivity (Wildman–Crippen MR) is 69.0 cm³/mol. The third-order valence-electron chi connectivity index (χ3n) is 3.36. The van der Waals surface area contributed by atoms with Gasteiger partial charge in [0.15, 0.2) is 0 Å². The van der Waals surface area contributed by atoms with Gasteiger partial charge in [0.25, 0.3) is 0 Å². The maximum Gasteiger partial charge on any atom is 0.303 e. The minimum Gasteiger partial charge on any atom is -0.481 e. The second kappa shape index (κ2) is 5.17. The zero-order valence-electron chi connectivity index (χ0n) is 10.2. The lowest BCUT2D eigenvalue weighted by molar-refractivity contribution is -0.136. The van der Waals surface area contributed by atoms with Crippen LogP contribution in [0.4, 0.5) is 0 Å². The highest BCUT2D eigenvalue weighted by Gasteiger charge is 2.10. The summed E-state index contributed by atoms with van der Waals surface area (Å²) in [6.45, 7) is 2.05. The summed E-state index contributed by atoms with van der Waals surface area (Å²) in [5.41, 5.74) is 5.36. The molecule has 17 heavy (non-hydrogen) atoms. The highest BCUT2D eigenvalue weighted by Crippen LogP contribution is 2.25. The monoisotopic (exact) mass is 230 g/mol. The van der Waals surface area contributed by atoms with Crippen LogP contribution in [0.2, 0.25) is 0 Å². The standard InChI is InChI=1S/C15H18O2/c1-11(4-2-7-15(16)17)13-9-8-12-5-3-6-14(12)10-13/h4,8-10H,2-3,5-7H2,1H3,(H,16,17)/b11-4+. The van der Waals surface area contributed by atoms with Crippen molar-refractivity contribution < 1.29 is 9.90 Å². The fourth-order valence-electron chi connectivity index (χ4n) is 2.35. The molecule has 0 fully saturated rings. The Hall–Kier alpha value is -1.57. The van der Waals surface area contributed by atoms with Crippen LogP contribution in [-0.4, -0.2) is 11.1 Å². The molecule has 2 heteroatoms. The number of aliphatic carboxylic acids is 1. The van der Waals surface area contributed by atoms with Gasteiger partial charge in [-0.3, -0.25) is 4.79 Å². The van der Waals surface area contributed by atoms with Crippen molar-refractivity contribution in [3.8, 4) is 0 Å². The van der Waals surface area contributed by atoms with Gasteiger partial charge < -0.3 is 5.11 Å². The second-order valence-corrected chi connectivity index (χ2v) is 4.66. The Kier molecular flexibility index (Phi) is 3.62. The Morgan fingerprint density at radius 1 is 1.35 bits per heavy atom. The normalized spacial score (nSPS) is 14.8. The van der Waals surface area contributed by atoms with E-state index in [0.29, 0.717) is 6.42 Å². The molecule has 1 aliphatic rings. The summed E-state index contributed by atoms with van der Waals surface area (Å²) in [6.07, 6.45) is 6.49. The van der Waals surface area contributed by atoms with Crippen molar-refractivity contribution in [2.45, 2.75) is 39.0 Å². The van der Waals surface area contributed by atoms with E-state index in [4.69, 9.17) is 5.11 Å². The molecule has 0 aromatic heterocycles. The summed E-state index contributed by atoms with van der Waals surface area (Å²) in [4.78, 5) is 10.4. The van der Waals surface area contributed by atoms with Gasteiger partial charge in [0.1, 0.15) is 0 Å². The van der Waals surface area contributed by atoms with Gasteiger partial charge in [-0.15, -0.1) is 0 Å². The van der Waals surface area contributed by atoms with Gasteiger partial charge >= 0.3 is 5.97 Å². The number of hydrogen-bond acceptors (Lipinski definition) is 1. The first-order chi connectivity index (χ1) is 8.16. The minimum atomic E-state index is -0.733. The van der Waals surface area contributed by atoms with Gasteiger partial charge in [0.2, 0.25) is 0 Å². The molecule has 0 saturated heterocycles. The summed E-state index contributed by atoms with van der Waals surface area (Å²) >= 11 is 0. The number of aryl methyl sites for hydroxylation is 2. The topological polar surface area (TPSA) is 37.3 Å².